The van der Waals surface area contributed by atoms with Crippen LogP contribution in [0.25, 0.3) is 0 Å². The number of carbonyl (C=O) groups is 1. The highest BCUT2D eigenvalue weighted by molar-refractivity contribution is 7.12. The van der Waals surface area contributed by atoms with Crippen LogP contribution in [0.2, 0.25) is 0 Å². The number of para-hydroxylation sites is 1. The van der Waals surface area contributed by atoms with Crippen LogP contribution < -0.4 is 10.1 Å². The molecule has 0 radical (unpaired) electrons. The molecule has 0 aliphatic rings. The monoisotopic (exact) mass is 319 g/mol. The zero-order chi connectivity index (χ0) is 15.9. The molecule has 0 aliphatic heterocycles. The van der Waals surface area contributed by atoms with Crippen LogP contribution in [0.1, 0.15) is 28.3 Å². The average Bonchev–Trinajstić information content (AvgIpc) is 2.95. The molecule has 0 fully saturated rings. The van der Waals surface area contributed by atoms with E-state index in [9.17, 15) is 9.90 Å². The number of amides is 1. The van der Waals surface area contributed by atoms with Gasteiger partial charge in [-0.3, -0.25) is 4.79 Å². The van der Waals surface area contributed by atoms with E-state index in [2.05, 4.69) is 5.32 Å². The van der Waals surface area contributed by atoms with Gasteiger partial charge < -0.3 is 15.2 Å². The Morgan fingerprint density at radius 1 is 1.32 bits per heavy atom. The van der Waals surface area contributed by atoms with E-state index in [4.69, 9.17) is 4.74 Å². The normalized spacial score (nSPS) is 12.0. The second-order valence-electron chi connectivity index (χ2n) is 5.13. The lowest BCUT2D eigenvalue weighted by atomic mass is 10.2. The zero-order valence-corrected chi connectivity index (χ0v) is 13.7. The van der Waals surface area contributed by atoms with Gasteiger partial charge in [0.1, 0.15) is 5.75 Å². The van der Waals surface area contributed by atoms with Gasteiger partial charge in [-0.2, -0.15) is 0 Å². The van der Waals surface area contributed by atoms with Crippen LogP contribution in [0.15, 0.2) is 36.4 Å². The topological polar surface area (TPSA) is 58.6 Å². The fourth-order valence-corrected chi connectivity index (χ4v) is 2.94. The molecule has 0 saturated heterocycles. The van der Waals surface area contributed by atoms with E-state index in [-0.39, 0.29) is 12.5 Å². The molecule has 1 aromatic heterocycles. The maximum absolute atomic E-state index is 11.8. The fraction of sp³-hybridized carbons (Fsp3) is 0.353. The SMILES string of the molecule is Cc1ccccc1OCC(=O)NCCc1ccc(C(C)O)s1. The van der Waals surface area contributed by atoms with Gasteiger partial charge in [-0.25, -0.2) is 0 Å². The number of thiophene rings is 1. The van der Waals surface area contributed by atoms with Crippen LogP contribution in [0.5, 0.6) is 5.75 Å². The summed E-state index contributed by atoms with van der Waals surface area (Å²) >= 11 is 1.57. The van der Waals surface area contributed by atoms with Crippen molar-refractivity contribution in [2.45, 2.75) is 26.4 Å². The number of rotatable bonds is 7. The molecule has 1 atom stereocenters. The molecule has 2 rings (SSSR count). The van der Waals surface area contributed by atoms with E-state index in [1.807, 2.05) is 43.3 Å². The smallest absolute Gasteiger partial charge is 0.257 e. The highest BCUT2D eigenvalue weighted by Crippen LogP contribution is 2.22. The molecule has 1 aromatic carbocycles. The summed E-state index contributed by atoms with van der Waals surface area (Å²) in [7, 11) is 0. The third kappa shape index (κ3) is 4.86. The van der Waals surface area contributed by atoms with Crippen LogP contribution in [0, 0.1) is 6.92 Å². The van der Waals surface area contributed by atoms with Gasteiger partial charge in [0.05, 0.1) is 6.10 Å². The van der Waals surface area contributed by atoms with Crippen molar-refractivity contribution in [2.24, 2.45) is 0 Å². The fourth-order valence-electron chi connectivity index (χ4n) is 1.99. The Hall–Kier alpha value is -1.85. The van der Waals surface area contributed by atoms with Crippen molar-refractivity contribution in [2.75, 3.05) is 13.2 Å². The number of carbonyl (C=O) groups excluding carboxylic acids is 1. The number of ether oxygens (including phenoxy) is 1. The first-order valence-electron chi connectivity index (χ1n) is 7.28. The number of hydrogen-bond acceptors (Lipinski definition) is 4. The van der Waals surface area contributed by atoms with Gasteiger partial charge in [0.15, 0.2) is 6.61 Å². The van der Waals surface area contributed by atoms with Crippen LogP contribution in [-0.4, -0.2) is 24.2 Å². The first-order valence-corrected chi connectivity index (χ1v) is 8.09. The van der Waals surface area contributed by atoms with E-state index < -0.39 is 6.10 Å². The quantitative estimate of drug-likeness (QED) is 0.825. The molecule has 1 unspecified atom stereocenters. The highest BCUT2D eigenvalue weighted by atomic mass is 32.1. The number of nitrogens with one attached hydrogen (secondary N) is 1. The van der Waals surface area contributed by atoms with Crippen molar-refractivity contribution < 1.29 is 14.6 Å². The van der Waals surface area contributed by atoms with Gasteiger partial charge >= 0.3 is 0 Å². The lowest BCUT2D eigenvalue weighted by Crippen LogP contribution is -2.30. The summed E-state index contributed by atoms with van der Waals surface area (Å²) in [4.78, 5) is 13.9. The van der Waals surface area contributed by atoms with Gasteiger partial charge in [-0.05, 0) is 44.0 Å². The Morgan fingerprint density at radius 3 is 2.77 bits per heavy atom. The Labute approximate surface area is 134 Å². The third-order valence-corrected chi connectivity index (χ3v) is 4.56. The third-order valence-electron chi connectivity index (χ3n) is 3.24. The van der Waals surface area contributed by atoms with Crippen molar-refractivity contribution in [3.8, 4) is 5.75 Å². The molecule has 0 saturated carbocycles. The molecule has 2 N–H and O–H groups in total. The molecular weight excluding hydrogens is 298 g/mol. The van der Waals surface area contributed by atoms with Crippen molar-refractivity contribution in [3.63, 3.8) is 0 Å². The molecule has 4 nitrogen and oxygen atoms in total. The Balaban J connectivity index is 1.70. The molecule has 0 bridgehead atoms. The van der Waals surface area contributed by atoms with E-state index >= 15 is 0 Å². The maximum Gasteiger partial charge on any atom is 0.257 e. The molecule has 118 valence electrons. The molecule has 5 heteroatoms. The summed E-state index contributed by atoms with van der Waals surface area (Å²) in [6.45, 7) is 4.29. The predicted octanol–water partition coefficient (Wildman–Crippen LogP) is 2.85. The summed E-state index contributed by atoms with van der Waals surface area (Å²) in [5.41, 5.74) is 1.01. The van der Waals surface area contributed by atoms with Crippen LogP contribution >= 0.6 is 11.3 Å². The van der Waals surface area contributed by atoms with Crippen molar-refractivity contribution in [1.29, 1.82) is 0 Å². The average molecular weight is 319 g/mol. The molecule has 22 heavy (non-hydrogen) atoms. The zero-order valence-electron chi connectivity index (χ0n) is 12.8. The van der Waals surface area contributed by atoms with E-state index in [0.29, 0.717) is 6.54 Å². The lowest BCUT2D eigenvalue weighted by molar-refractivity contribution is -0.123. The number of hydrogen-bond donors (Lipinski definition) is 2. The van der Waals surface area contributed by atoms with E-state index in [1.165, 1.54) is 0 Å². The lowest BCUT2D eigenvalue weighted by Gasteiger charge is -2.09. The highest BCUT2D eigenvalue weighted by Gasteiger charge is 2.07. The summed E-state index contributed by atoms with van der Waals surface area (Å²) in [6.07, 6.45) is 0.323. The van der Waals surface area contributed by atoms with Crippen molar-refractivity contribution in [1.82, 2.24) is 5.32 Å². The minimum Gasteiger partial charge on any atom is -0.484 e. The number of aliphatic hydroxyl groups is 1. The maximum atomic E-state index is 11.8. The second kappa shape index (κ2) is 7.96. The van der Waals surface area contributed by atoms with Gasteiger partial charge in [0.25, 0.3) is 5.91 Å². The van der Waals surface area contributed by atoms with Crippen LogP contribution in [-0.2, 0) is 11.2 Å². The summed E-state index contributed by atoms with van der Waals surface area (Å²) in [6, 6.07) is 11.5. The summed E-state index contributed by atoms with van der Waals surface area (Å²) in [5.74, 6) is 0.605. The molecule has 0 spiro atoms. The predicted molar refractivity (Wildman–Crippen MR) is 88.3 cm³/mol. The first-order chi connectivity index (χ1) is 10.6. The molecular formula is C17H21NO3S. The second-order valence-corrected chi connectivity index (χ2v) is 6.33. The largest absolute Gasteiger partial charge is 0.484 e. The standard InChI is InChI=1S/C17H21NO3S/c1-12-5-3-4-6-15(12)21-11-17(20)18-10-9-14-7-8-16(22-14)13(2)19/h3-8,13,19H,9-11H2,1-2H3,(H,18,20). The Kier molecular flexibility index (Phi) is 5.98. The van der Waals surface area contributed by atoms with Gasteiger partial charge in [0.2, 0.25) is 0 Å². The minimum atomic E-state index is -0.434. The van der Waals surface area contributed by atoms with Gasteiger partial charge in [-0.1, -0.05) is 18.2 Å². The van der Waals surface area contributed by atoms with Gasteiger partial charge in [-0.15, -0.1) is 11.3 Å². The number of aryl methyl sites for hydroxylation is 1. The minimum absolute atomic E-state index is 0.0220. The first kappa shape index (κ1) is 16.5. The van der Waals surface area contributed by atoms with Crippen molar-refractivity contribution in [3.05, 3.63) is 51.7 Å². The number of benzene rings is 1. The number of aliphatic hydroxyl groups excluding tert-OH is 1. The summed E-state index contributed by atoms with van der Waals surface area (Å²) in [5, 5.41) is 12.3. The molecule has 0 aliphatic carbocycles. The Bertz CT molecular complexity index is 622. The molecule has 1 amide bonds. The Morgan fingerprint density at radius 2 is 2.09 bits per heavy atom. The van der Waals surface area contributed by atoms with E-state index in [0.717, 1.165) is 27.5 Å². The van der Waals surface area contributed by atoms with E-state index in [1.54, 1.807) is 18.3 Å². The molecule has 2 aromatic rings. The summed E-state index contributed by atoms with van der Waals surface area (Å²) < 4.78 is 5.49. The van der Waals surface area contributed by atoms with Crippen LogP contribution in [0.3, 0.4) is 0 Å². The van der Waals surface area contributed by atoms with Crippen molar-refractivity contribution >= 4 is 17.2 Å². The molecule has 1 heterocycles. The van der Waals surface area contributed by atoms with Crippen LogP contribution in [0.4, 0.5) is 0 Å². The van der Waals surface area contributed by atoms with Gasteiger partial charge in [0, 0.05) is 16.3 Å².